The van der Waals surface area contributed by atoms with Crippen LogP contribution in [0.2, 0.25) is 0 Å². The first-order chi connectivity index (χ1) is 26.6. The number of hydrazine groups is 1. The Morgan fingerprint density at radius 3 is 2.52 bits per heavy atom. The molecule has 10 nitrogen and oxygen atoms in total. The number of fused-ring (bicyclic) bond motifs is 6. The fourth-order valence-electron chi connectivity index (χ4n) is 8.29. The van der Waals surface area contributed by atoms with E-state index >= 15 is 0 Å². The van der Waals surface area contributed by atoms with Crippen LogP contribution in [-0.2, 0) is 38.5 Å². The Morgan fingerprint density at radius 2 is 1.84 bits per heavy atom. The lowest BCUT2D eigenvalue weighted by Gasteiger charge is -2.36. The molecule has 4 aromatic rings. The van der Waals surface area contributed by atoms with Crippen molar-refractivity contribution in [2.75, 3.05) is 20.2 Å². The Kier molecular flexibility index (Phi) is 12.3. The third-order valence-corrected chi connectivity index (χ3v) is 11.0. The molecular formula is C44H56F2N6O4. The van der Waals surface area contributed by atoms with Gasteiger partial charge < -0.3 is 19.9 Å². The number of halogens is 2. The summed E-state index contributed by atoms with van der Waals surface area (Å²) >= 11 is 0. The van der Waals surface area contributed by atoms with Crippen LogP contribution in [0.4, 0.5) is 8.78 Å². The van der Waals surface area contributed by atoms with Gasteiger partial charge in [-0.15, -0.1) is 0 Å². The van der Waals surface area contributed by atoms with Crippen molar-refractivity contribution < 1.29 is 27.9 Å². The van der Waals surface area contributed by atoms with Crippen molar-refractivity contribution in [2.45, 2.75) is 111 Å². The first-order valence-corrected chi connectivity index (χ1v) is 19.9. The van der Waals surface area contributed by atoms with Gasteiger partial charge in [-0.25, -0.2) is 14.2 Å². The van der Waals surface area contributed by atoms with Crippen LogP contribution in [0.1, 0.15) is 96.0 Å². The van der Waals surface area contributed by atoms with Gasteiger partial charge in [0, 0.05) is 53.2 Å². The first-order valence-electron chi connectivity index (χ1n) is 19.9. The number of benzene rings is 2. The van der Waals surface area contributed by atoms with Crippen LogP contribution < -0.4 is 16.1 Å². The molecule has 300 valence electrons. The average molecular weight is 771 g/mol. The van der Waals surface area contributed by atoms with Crippen molar-refractivity contribution in [1.29, 1.82) is 0 Å². The number of rotatable bonds is 8. The second kappa shape index (κ2) is 16.8. The number of carbonyl (C=O) groups is 3. The van der Waals surface area contributed by atoms with Crippen LogP contribution >= 0.6 is 0 Å². The zero-order valence-corrected chi connectivity index (χ0v) is 33.8. The van der Waals surface area contributed by atoms with Crippen molar-refractivity contribution >= 4 is 28.7 Å². The Labute approximate surface area is 328 Å². The van der Waals surface area contributed by atoms with E-state index in [-0.39, 0.29) is 36.3 Å². The minimum Gasteiger partial charge on any atom is -0.464 e. The standard InChI is InChI=1S/C44H56F2N6O4/c1-9-51-36-15-14-28-22-32(36)33(39(51)31-12-10-16-48-37(31)25(2)3)23-44(6,7)24-56-43(55)34-13-11-17-52(50-34)42(54)35(49-41(53)38(47-8)26(4)5)20-27-18-29(28)21-30(19-27)40(45)46/h10,12,14-16,18-19,21-22,25-26,34-35,38,40,47,50H,9,11,13,17,20,23-24H2,1-8H3,(H,49,53)/t34-,35-,38-/m0/s1. The van der Waals surface area contributed by atoms with Crippen LogP contribution in [0, 0.1) is 11.3 Å². The highest BCUT2D eigenvalue weighted by Crippen LogP contribution is 2.42. The molecule has 1 fully saturated rings. The van der Waals surface area contributed by atoms with E-state index in [0.29, 0.717) is 43.5 Å². The molecule has 4 heterocycles. The Balaban J connectivity index is 1.57. The number of ether oxygens (including phenoxy) is 1. The number of nitrogens with one attached hydrogen (secondary N) is 3. The summed E-state index contributed by atoms with van der Waals surface area (Å²) in [5, 5.41) is 8.29. The molecule has 0 aliphatic carbocycles. The maximum atomic E-state index is 14.7. The van der Waals surface area contributed by atoms with E-state index < -0.39 is 41.8 Å². The molecule has 0 unspecified atom stereocenters. The largest absolute Gasteiger partial charge is 0.464 e. The van der Waals surface area contributed by atoms with Gasteiger partial charge in [-0.3, -0.25) is 24.4 Å². The van der Waals surface area contributed by atoms with Crippen molar-refractivity contribution in [2.24, 2.45) is 11.3 Å². The SMILES string of the molecule is CCn1c(-c2cccnc2C(C)C)c2c3cc(ccc31)-c1cc(cc(C(F)F)c1)C[C@H](NC(=O)[C@@H](NC)C(C)C)C(=O)N1CCC[C@H](N1)C(=O)OCC(C)(C)C2. The van der Waals surface area contributed by atoms with Crippen LogP contribution in [0.5, 0.6) is 0 Å². The molecule has 1 saturated heterocycles. The monoisotopic (exact) mass is 770 g/mol. The third-order valence-electron chi connectivity index (χ3n) is 11.0. The smallest absolute Gasteiger partial charge is 0.324 e. The normalized spacial score (nSPS) is 19.7. The fourth-order valence-corrected chi connectivity index (χ4v) is 8.29. The quantitative estimate of drug-likeness (QED) is 0.161. The molecule has 3 N–H and O–H groups in total. The number of carbonyl (C=O) groups excluding carboxylic acids is 3. The van der Waals surface area contributed by atoms with Crippen molar-refractivity contribution in [3.8, 4) is 22.4 Å². The second-order valence-electron chi connectivity index (χ2n) is 16.7. The number of likely N-dealkylation sites (N-methyl/N-ethyl adjacent to an activating group) is 1. The number of pyridine rings is 1. The Hall–Kier alpha value is -4.68. The average Bonchev–Trinajstić information content (AvgIpc) is 3.47. The van der Waals surface area contributed by atoms with Gasteiger partial charge in [0.2, 0.25) is 5.91 Å². The summed E-state index contributed by atoms with van der Waals surface area (Å²) in [5.41, 5.74) is 9.26. The highest BCUT2D eigenvalue weighted by atomic mass is 19.3. The molecule has 2 aromatic heterocycles. The minimum absolute atomic E-state index is 0.0447. The zero-order valence-electron chi connectivity index (χ0n) is 33.8. The van der Waals surface area contributed by atoms with Crippen LogP contribution in [0.3, 0.4) is 0 Å². The lowest BCUT2D eigenvalue weighted by molar-refractivity contribution is -0.155. The van der Waals surface area contributed by atoms with Crippen molar-refractivity contribution in [1.82, 2.24) is 30.6 Å². The molecule has 0 saturated carbocycles. The number of hydrogen-bond acceptors (Lipinski definition) is 7. The number of cyclic esters (lactones) is 1. The molecule has 56 heavy (non-hydrogen) atoms. The number of hydrogen-bond donors (Lipinski definition) is 3. The topological polar surface area (TPSA) is 118 Å². The van der Waals surface area contributed by atoms with Gasteiger partial charge in [0.25, 0.3) is 12.3 Å². The molecule has 2 aliphatic heterocycles. The maximum Gasteiger partial charge on any atom is 0.324 e. The number of esters is 1. The molecule has 2 amide bonds. The minimum atomic E-state index is -2.77. The van der Waals surface area contributed by atoms with E-state index in [9.17, 15) is 23.2 Å². The van der Waals surface area contributed by atoms with Crippen LogP contribution in [-0.4, -0.2) is 70.7 Å². The maximum absolute atomic E-state index is 14.7. The van der Waals surface area contributed by atoms with Crippen molar-refractivity contribution in [3.63, 3.8) is 0 Å². The number of nitrogens with zero attached hydrogens (tertiary/aromatic N) is 3. The number of amides is 2. The van der Waals surface area contributed by atoms with Gasteiger partial charge in [-0.05, 0) is 97.7 Å². The lowest BCUT2D eigenvalue weighted by atomic mass is 9.83. The summed E-state index contributed by atoms with van der Waals surface area (Å²) in [6.07, 6.45) is 0.540. The van der Waals surface area contributed by atoms with E-state index in [1.54, 1.807) is 7.05 Å². The summed E-state index contributed by atoms with van der Waals surface area (Å²) in [5.74, 6) is -1.24. The zero-order chi connectivity index (χ0) is 40.5. The van der Waals surface area contributed by atoms with Gasteiger partial charge in [0.15, 0.2) is 0 Å². The third kappa shape index (κ3) is 8.51. The van der Waals surface area contributed by atoms with E-state index in [1.807, 2.05) is 44.3 Å². The fraction of sp³-hybridized carbons (Fsp3) is 0.500. The molecule has 2 aliphatic rings. The first kappa shape index (κ1) is 41.0. The molecule has 2 aromatic carbocycles. The van der Waals surface area contributed by atoms with Gasteiger partial charge in [-0.2, -0.15) is 0 Å². The summed E-state index contributed by atoms with van der Waals surface area (Å²) in [6.45, 7) is 15.4. The van der Waals surface area contributed by atoms with Gasteiger partial charge >= 0.3 is 5.97 Å². The molecular weight excluding hydrogens is 715 g/mol. The predicted octanol–water partition coefficient (Wildman–Crippen LogP) is 7.34. The number of aryl methyl sites for hydroxylation is 1. The van der Waals surface area contributed by atoms with E-state index in [1.165, 1.54) is 17.1 Å². The van der Waals surface area contributed by atoms with E-state index in [0.717, 1.165) is 39.0 Å². The summed E-state index contributed by atoms with van der Waals surface area (Å²) in [7, 11) is 1.68. The van der Waals surface area contributed by atoms with E-state index in [4.69, 9.17) is 9.72 Å². The number of alkyl halides is 2. The molecule has 6 bridgehead atoms. The van der Waals surface area contributed by atoms with Gasteiger partial charge in [-0.1, -0.05) is 59.7 Å². The molecule has 0 radical (unpaired) electrons. The van der Waals surface area contributed by atoms with Crippen LogP contribution in [0.25, 0.3) is 33.3 Å². The lowest BCUT2D eigenvalue weighted by Crippen LogP contribution is -2.61. The summed E-state index contributed by atoms with van der Waals surface area (Å²) in [4.78, 5) is 46.4. The molecule has 0 spiro atoms. The van der Waals surface area contributed by atoms with Gasteiger partial charge in [0.05, 0.1) is 24.0 Å². The molecule has 12 heteroatoms. The highest BCUT2D eigenvalue weighted by molar-refractivity contribution is 5.95. The van der Waals surface area contributed by atoms with Crippen LogP contribution in [0.15, 0.2) is 54.7 Å². The van der Waals surface area contributed by atoms with Crippen molar-refractivity contribution in [3.05, 3.63) is 77.1 Å². The second-order valence-corrected chi connectivity index (χ2v) is 16.7. The Bertz CT molecular complexity index is 2090. The summed E-state index contributed by atoms with van der Waals surface area (Å²) in [6, 6.07) is 12.4. The van der Waals surface area contributed by atoms with Gasteiger partial charge in [0.1, 0.15) is 12.1 Å². The summed E-state index contributed by atoms with van der Waals surface area (Å²) < 4.78 is 37.7. The molecule has 3 atom stereocenters. The predicted molar refractivity (Wildman–Crippen MR) is 215 cm³/mol. The molecule has 6 rings (SSSR count). The number of aromatic nitrogens is 2. The Morgan fingerprint density at radius 1 is 1.07 bits per heavy atom. The highest BCUT2D eigenvalue weighted by Gasteiger charge is 2.36. The van der Waals surface area contributed by atoms with E-state index in [2.05, 4.69) is 67.4 Å².